The zero-order valence-corrected chi connectivity index (χ0v) is 8.41. The Balaban J connectivity index is 2.38. The molecule has 2 heteroatoms. The summed E-state index contributed by atoms with van der Waals surface area (Å²) in [5, 5.41) is 0. The maximum Gasteiger partial charge on any atom is 0.119 e. The summed E-state index contributed by atoms with van der Waals surface area (Å²) >= 11 is 0. The van der Waals surface area contributed by atoms with Gasteiger partial charge in [0.1, 0.15) is 5.75 Å². The molecule has 0 atom stereocenters. The van der Waals surface area contributed by atoms with Crippen molar-refractivity contribution in [1.29, 1.82) is 0 Å². The van der Waals surface area contributed by atoms with E-state index in [2.05, 4.69) is 6.58 Å². The van der Waals surface area contributed by atoms with Crippen molar-refractivity contribution in [2.45, 2.75) is 19.4 Å². The Labute approximate surface area is 85.4 Å². The minimum absolute atomic E-state index is 0.559. The molecule has 0 aliphatic heterocycles. The Morgan fingerprint density at radius 1 is 1.43 bits per heavy atom. The van der Waals surface area contributed by atoms with Gasteiger partial charge in [-0.15, -0.1) is 6.58 Å². The zero-order valence-electron chi connectivity index (χ0n) is 8.41. The fourth-order valence-corrected chi connectivity index (χ4v) is 1.18. The zero-order chi connectivity index (χ0) is 10.2. The molecule has 14 heavy (non-hydrogen) atoms. The normalized spacial score (nSPS) is 9.79. The Hall–Kier alpha value is -1.28. The lowest BCUT2D eigenvalue weighted by Crippen LogP contribution is -1.99. The van der Waals surface area contributed by atoms with Gasteiger partial charge in [-0.2, -0.15) is 0 Å². The third-order valence-corrected chi connectivity index (χ3v) is 1.96. The quantitative estimate of drug-likeness (QED) is 0.554. The van der Waals surface area contributed by atoms with E-state index in [9.17, 15) is 0 Å². The summed E-state index contributed by atoms with van der Waals surface area (Å²) in [5.74, 6) is 0.900. The summed E-state index contributed by atoms with van der Waals surface area (Å²) in [6.45, 7) is 4.96. The van der Waals surface area contributed by atoms with Crippen LogP contribution in [-0.2, 0) is 6.54 Å². The maximum atomic E-state index is 5.55. The topological polar surface area (TPSA) is 35.2 Å². The van der Waals surface area contributed by atoms with Crippen molar-refractivity contribution in [3.63, 3.8) is 0 Å². The summed E-state index contributed by atoms with van der Waals surface area (Å²) in [5.41, 5.74) is 6.63. The van der Waals surface area contributed by atoms with E-state index in [1.807, 2.05) is 30.3 Å². The molecular formula is C12H17NO. The molecule has 0 saturated carbocycles. The minimum atomic E-state index is 0.559. The van der Waals surface area contributed by atoms with E-state index < -0.39 is 0 Å². The van der Waals surface area contributed by atoms with Crippen molar-refractivity contribution >= 4 is 0 Å². The van der Waals surface area contributed by atoms with Gasteiger partial charge in [-0.1, -0.05) is 18.2 Å². The fourth-order valence-electron chi connectivity index (χ4n) is 1.18. The van der Waals surface area contributed by atoms with Gasteiger partial charge in [0.25, 0.3) is 0 Å². The van der Waals surface area contributed by atoms with Crippen LogP contribution in [0.15, 0.2) is 36.9 Å². The van der Waals surface area contributed by atoms with Crippen molar-refractivity contribution in [2.24, 2.45) is 5.73 Å². The first-order valence-electron chi connectivity index (χ1n) is 4.89. The second-order valence-corrected chi connectivity index (χ2v) is 3.13. The van der Waals surface area contributed by atoms with Gasteiger partial charge in [-0.3, -0.25) is 0 Å². The van der Waals surface area contributed by atoms with Crippen LogP contribution in [0.5, 0.6) is 5.75 Å². The summed E-state index contributed by atoms with van der Waals surface area (Å²) in [7, 11) is 0. The van der Waals surface area contributed by atoms with Gasteiger partial charge in [0, 0.05) is 6.54 Å². The van der Waals surface area contributed by atoms with Crippen LogP contribution in [0.3, 0.4) is 0 Å². The lowest BCUT2D eigenvalue weighted by Gasteiger charge is -2.06. The first kappa shape index (κ1) is 10.8. The second-order valence-electron chi connectivity index (χ2n) is 3.13. The van der Waals surface area contributed by atoms with Crippen LogP contribution in [0, 0.1) is 0 Å². The molecule has 1 aromatic rings. The minimum Gasteiger partial charge on any atom is -0.494 e. The number of ether oxygens (including phenoxy) is 1. The van der Waals surface area contributed by atoms with E-state index in [4.69, 9.17) is 10.5 Å². The Morgan fingerprint density at radius 3 is 3.00 bits per heavy atom. The predicted molar refractivity (Wildman–Crippen MR) is 59.3 cm³/mol. The Morgan fingerprint density at radius 2 is 2.29 bits per heavy atom. The molecule has 0 fully saturated rings. The molecule has 0 aliphatic rings. The highest BCUT2D eigenvalue weighted by Gasteiger charge is 1.94. The monoisotopic (exact) mass is 191 g/mol. The van der Waals surface area contributed by atoms with E-state index in [-0.39, 0.29) is 0 Å². The number of hydrogen-bond donors (Lipinski definition) is 1. The van der Waals surface area contributed by atoms with Gasteiger partial charge in [0.05, 0.1) is 6.61 Å². The van der Waals surface area contributed by atoms with Crippen LogP contribution in [-0.4, -0.2) is 6.61 Å². The number of rotatable bonds is 6. The number of benzene rings is 1. The number of allylic oxidation sites excluding steroid dienone is 1. The van der Waals surface area contributed by atoms with Crippen LogP contribution < -0.4 is 10.5 Å². The molecule has 76 valence electrons. The van der Waals surface area contributed by atoms with Crippen molar-refractivity contribution < 1.29 is 4.74 Å². The molecule has 2 N–H and O–H groups in total. The third-order valence-electron chi connectivity index (χ3n) is 1.96. The average molecular weight is 191 g/mol. The number of hydrogen-bond acceptors (Lipinski definition) is 2. The standard InChI is InChI=1S/C12H17NO/c1-2-3-4-8-14-12-7-5-6-11(9-12)10-13/h2,5-7,9H,1,3-4,8,10,13H2. The van der Waals surface area contributed by atoms with Crippen molar-refractivity contribution in [2.75, 3.05) is 6.61 Å². The predicted octanol–water partition coefficient (Wildman–Crippen LogP) is 2.49. The van der Waals surface area contributed by atoms with E-state index in [0.29, 0.717) is 6.54 Å². The maximum absolute atomic E-state index is 5.55. The van der Waals surface area contributed by atoms with Gasteiger partial charge in [0.15, 0.2) is 0 Å². The SMILES string of the molecule is C=CCCCOc1cccc(CN)c1. The van der Waals surface area contributed by atoms with Crippen LogP contribution in [0.1, 0.15) is 18.4 Å². The van der Waals surface area contributed by atoms with Crippen LogP contribution in [0.25, 0.3) is 0 Å². The summed E-state index contributed by atoms with van der Waals surface area (Å²) in [6.07, 6.45) is 3.91. The molecule has 0 saturated heterocycles. The molecule has 1 rings (SSSR count). The molecule has 0 bridgehead atoms. The highest BCUT2D eigenvalue weighted by molar-refractivity contribution is 5.28. The average Bonchev–Trinajstić information content (AvgIpc) is 2.25. The van der Waals surface area contributed by atoms with Crippen LogP contribution in [0.4, 0.5) is 0 Å². The molecule has 0 aliphatic carbocycles. The van der Waals surface area contributed by atoms with Crippen molar-refractivity contribution in [3.05, 3.63) is 42.5 Å². The molecule has 0 amide bonds. The molecule has 0 spiro atoms. The molecule has 1 aromatic carbocycles. The Bertz CT molecular complexity index is 283. The summed E-state index contributed by atoms with van der Waals surface area (Å²) in [6, 6.07) is 7.89. The largest absolute Gasteiger partial charge is 0.494 e. The fraction of sp³-hybridized carbons (Fsp3) is 0.333. The van der Waals surface area contributed by atoms with E-state index in [0.717, 1.165) is 30.8 Å². The van der Waals surface area contributed by atoms with E-state index >= 15 is 0 Å². The molecule has 2 nitrogen and oxygen atoms in total. The van der Waals surface area contributed by atoms with Crippen LogP contribution >= 0.6 is 0 Å². The molecule has 0 heterocycles. The lowest BCUT2D eigenvalue weighted by atomic mass is 10.2. The highest BCUT2D eigenvalue weighted by atomic mass is 16.5. The van der Waals surface area contributed by atoms with Gasteiger partial charge in [-0.25, -0.2) is 0 Å². The van der Waals surface area contributed by atoms with Gasteiger partial charge in [0.2, 0.25) is 0 Å². The van der Waals surface area contributed by atoms with Crippen LogP contribution in [0.2, 0.25) is 0 Å². The first-order valence-corrected chi connectivity index (χ1v) is 4.89. The van der Waals surface area contributed by atoms with E-state index in [1.54, 1.807) is 0 Å². The number of unbranched alkanes of at least 4 members (excludes halogenated alkanes) is 1. The first-order chi connectivity index (χ1) is 6.86. The summed E-state index contributed by atoms with van der Waals surface area (Å²) < 4.78 is 5.55. The molecule has 0 unspecified atom stereocenters. The third kappa shape index (κ3) is 3.62. The van der Waals surface area contributed by atoms with Crippen molar-refractivity contribution in [3.8, 4) is 5.75 Å². The van der Waals surface area contributed by atoms with Gasteiger partial charge in [-0.05, 0) is 30.5 Å². The van der Waals surface area contributed by atoms with Crippen molar-refractivity contribution in [1.82, 2.24) is 0 Å². The molecule has 0 aromatic heterocycles. The van der Waals surface area contributed by atoms with E-state index in [1.165, 1.54) is 0 Å². The number of nitrogens with two attached hydrogens (primary N) is 1. The molecular weight excluding hydrogens is 174 g/mol. The lowest BCUT2D eigenvalue weighted by molar-refractivity contribution is 0.312. The second kappa shape index (κ2) is 6.22. The van der Waals surface area contributed by atoms with Gasteiger partial charge < -0.3 is 10.5 Å². The summed E-state index contributed by atoms with van der Waals surface area (Å²) in [4.78, 5) is 0. The molecule has 0 radical (unpaired) electrons. The Kier molecular flexibility index (Phi) is 4.79. The smallest absolute Gasteiger partial charge is 0.119 e. The highest BCUT2D eigenvalue weighted by Crippen LogP contribution is 2.13. The van der Waals surface area contributed by atoms with Gasteiger partial charge >= 0.3 is 0 Å².